The molecule has 0 spiro atoms. The van der Waals surface area contributed by atoms with Crippen molar-refractivity contribution in [2.45, 2.75) is 19.4 Å². The van der Waals surface area contributed by atoms with Crippen LogP contribution >= 0.6 is 0 Å². The summed E-state index contributed by atoms with van der Waals surface area (Å²) >= 11 is 0. The number of carbonyl (C=O) groups is 1. The zero-order valence-electron chi connectivity index (χ0n) is 9.19. The summed E-state index contributed by atoms with van der Waals surface area (Å²) in [4.78, 5) is 11.4. The molecule has 0 fully saturated rings. The van der Waals surface area contributed by atoms with E-state index in [1.54, 1.807) is 0 Å². The van der Waals surface area contributed by atoms with Crippen LogP contribution in [0.1, 0.15) is 12.5 Å². The molecule has 0 aliphatic carbocycles. The summed E-state index contributed by atoms with van der Waals surface area (Å²) in [7, 11) is 1.41. The summed E-state index contributed by atoms with van der Waals surface area (Å²) in [5.74, 6) is -0.208. The fourth-order valence-electron chi connectivity index (χ4n) is 1.48. The monoisotopic (exact) mass is 207 g/mol. The van der Waals surface area contributed by atoms with Crippen molar-refractivity contribution in [2.75, 3.05) is 13.7 Å². The van der Waals surface area contributed by atoms with Gasteiger partial charge >= 0.3 is 5.97 Å². The highest BCUT2D eigenvalue weighted by molar-refractivity contribution is 5.76. The zero-order chi connectivity index (χ0) is 11.1. The first kappa shape index (κ1) is 11.7. The number of ether oxygens (including phenoxy) is 1. The lowest BCUT2D eigenvalue weighted by molar-refractivity contribution is -0.143. The van der Waals surface area contributed by atoms with E-state index in [1.807, 2.05) is 37.3 Å². The normalized spacial score (nSPS) is 12.1. The lowest BCUT2D eigenvalue weighted by Crippen LogP contribution is -2.39. The predicted molar refractivity (Wildman–Crippen MR) is 59.6 cm³/mol. The Balaban J connectivity index is 2.62. The van der Waals surface area contributed by atoms with Crippen LogP contribution in [-0.2, 0) is 16.0 Å². The maximum atomic E-state index is 11.4. The zero-order valence-corrected chi connectivity index (χ0v) is 9.19. The van der Waals surface area contributed by atoms with Gasteiger partial charge in [0.15, 0.2) is 0 Å². The number of hydrogen-bond acceptors (Lipinski definition) is 3. The first-order valence-corrected chi connectivity index (χ1v) is 5.13. The molecule has 82 valence electrons. The molecule has 0 saturated carbocycles. The minimum Gasteiger partial charge on any atom is -0.468 e. The second-order valence-corrected chi connectivity index (χ2v) is 3.32. The van der Waals surface area contributed by atoms with Crippen molar-refractivity contribution in [2.24, 2.45) is 0 Å². The van der Waals surface area contributed by atoms with Crippen LogP contribution in [-0.4, -0.2) is 25.7 Å². The Morgan fingerprint density at radius 1 is 1.40 bits per heavy atom. The fraction of sp³-hybridized carbons (Fsp3) is 0.417. The molecule has 15 heavy (non-hydrogen) atoms. The van der Waals surface area contributed by atoms with Gasteiger partial charge in [-0.25, -0.2) is 0 Å². The Morgan fingerprint density at radius 2 is 2.07 bits per heavy atom. The fourth-order valence-corrected chi connectivity index (χ4v) is 1.48. The number of nitrogens with one attached hydrogen (secondary N) is 1. The average molecular weight is 207 g/mol. The van der Waals surface area contributed by atoms with Crippen LogP contribution in [0.3, 0.4) is 0 Å². The quantitative estimate of drug-likeness (QED) is 0.741. The van der Waals surface area contributed by atoms with Crippen LogP contribution in [0.25, 0.3) is 0 Å². The molecule has 1 aromatic rings. The number of hydrogen-bond donors (Lipinski definition) is 1. The van der Waals surface area contributed by atoms with Gasteiger partial charge in [0.1, 0.15) is 6.04 Å². The van der Waals surface area contributed by atoms with Gasteiger partial charge in [-0.3, -0.25) is 4.79 Å². The number of benzene rings is 1. The van der Waals surface area contributed by atoms with Crippen molar-refractivity contribution in [3.05, 3.63) is 35.9 Å². The van der Waals surface area contributed by atoms with Crippen LogP contribution in [0, 0.1) is 0 Å². The van der Waals surface area contributed by atoms with Crippen LogP contribution in [0.2, 0.25) is 0 Å². The van der Waals surface area contributed by atoms with Gasteiger partial charge in [0.2, 0.25) is 0 Å². The Hall–Kier alpha value is -1.35. The Kier molecular flexibility index (Phi) is 4.84. The maximum absolute atomic E-state index is 11.4. The van der Waals surface area contributed by atoms with Gasteiger partial charge in [-0.2, -0.15) is 0 Å². The number of likely N-dealkylation sites (N-methyl/N-ethyl adjacent to an activating group) is 1. The Morgan fingerprint density at radius 3 is 2.60 bits per heavy atom. The van der Waals surface area contributed by atoms with Crippen molar-refractivity contribution in [3.63, 3.8) is 0 Å². The largest absolute Gasteiger partial charge is 0.468 e. The van der Waals surface area contributed by atoms with Crippen molar-refractivity contribution in [1.82, 2.24) is 5.32 Å². The van der Waals surface area contributed by atoms with Gasteiger partial charge in [-0.05, 0) is 18.5 Å². The predicted octanol–water partition coefficient (Wildman–Crippen LogP) is 1.38. The molecule has 1 unspecified atom stereocenters. The molecule has 3 nitrogen and oxygen atoms in total. The van der Waals surface area contributed by atoms with Crippen LogP contribution in [0.15, 0.2) is 30.3 Å². The molecule has 0 bridgehead atoms. The Labute approximate surface area is 90.4 Å². The third-order valence-electron chi connectivity index (χ3n) is 2.22. The molecule has 0 saturated heterocycles. The van der Waals surface area contributed by atoms with Gasteiger partial charge < -0.3 is 10.1 Å². The van der Waals surface area contributed by atoms with Gasteiger partial charge in [-0.1, -0.05) is 37.3 Å². The molecule has 1 N–H and O–H groups in total. The lowest BCUT2D eigenvalue weighted by Gasteiger charge is -2.15. The molecule has 3 heteroatoms. The third kappa shape index (κ3) is 3.72. The van der Waals surface area contributed by atoms with Crippen LogP contribution < -0.4 is 5.32 Å². The molecular formula is C12H17NO2. The standard InChI is InChI=1S/C12H17NO2/c1-3-13-11(12(14)15-2)9-10-7-5-4-6-8-10/h4-8,11,13H,3,9H2,1-2H3. The van der Waals surface area contributed by atoms with Crippen molar-refractivity contribution >= 4 is 5.97 Å². The molecule has 1 aromatic carbocycles. The Bertz CT molecular complexity index is 298. The van der Waals surface area contributed by atoms with E-state index < -0.39 is 0 Å². The molecule has 0 radical (unpaired) electrons. The summed E-state index contributed by atoms with van der Waals surface area (Å²) in [6.07, 6.45) is 0.668. The van der Waals surface area contributed by atoms with Gasteiger partial charge in [0.05, 0.1) is 7.11 Å². The molecule has 0 heterocycles. The highest BCUT2D eigenvalue weighted by Crippen LogP contribution is 2.04. The molecule has 1 atom stereocenters. The lowest BCUT2D eigenvalue weighted by atomic mass is 10.1. The highest BCUT2D eigenvalue weighted by Gasteiger charge is 2.17. The average Bonchev–Trinajstić information content (AvgIpc) is 2.29. The van der Waals surface area contributed by atoms with Crippen molar-refractivity contribution in [1.29, 1.82) is 0 Å². The van der Waals surface area contributed by atoms with Crippen LogP contribution in [0.5, 0.6) is 0 Å². The van der Waals surface area contributed by atoms with Gasteiger partial charge in [-0.15, -0.1) is 0 Å². The van der Waals surface area contributed by atoms with E-state index in [0.717, 1.165) is 12.1 Å². The summed E-state index contributed by atoms with van der Waals surface area (Å²) in [6.45, 7) is 2.73. The second-order valence-electron chi connectivity index (χ2n) is 3.32. The number of methoxy groups -OCH3 is 1. The highest BCUT2D eigenvalue weighted by atomic mass is 16.5. The van der Waals surface area contributed by atoms with Gasteiger partial charge in [0.25, 0.3) is 0 Å². The maximum Gasteiger partial charge on any atom is 0.323 e. The van der Waals surface area contributed by atoms with E-state index in [1.165, 1.54) is 7.11 Å². The first-order chi connectivity index (χ1) is 7.27. The topological polar surface area (TPSA) is 38.3 Å². The second kappa shape index (κ2) is 6.19. The molecule has 0 aliphatic rings. The molecule has 0 amide bonds. The smallest absolute Gasteiger partial charge is 0.323 e. The van der Waals surface area contributed by atoms with E-state index in [-0.39, 0.29) is 12.0 Å². The molecular weight excluding hydrogens is 190 g/mol. The summed E-state index contributed by atoms with van der Waals surface area (Å²) < 4.78 is 4.74. The minimum absolute atomic E-state index is 0.208. The molecule has 0 aromatic heterocycles. The van der Waals surface area contributed by atoms with E-state index in [2.05, 4.69) is 5.32 Å². The molecule has 1 rings (SSSR count). The van der Waals surface area contributed by atoms with Crippen molar-refractivity contribution in [3.8, 4) is 0 Å². The SMILES string of the molecule is CCNC(Cc1ccccc1)C(=O)OC. The third-order valence-corrected chi connectivity index (χ3v) is 2.22. The number of esters is 1. The van der Waals surface area contributed by atoms with E-state index >= 15 is 0 Å². The van der Waals surface area contributed by atoms with E-state index in [4.69, 9.17) is 4.74 Å². The summed E-state index contributed by atoms with van der Waals surface area (Å²) in [5, 5.41) is 3.11. The number of carbonyl (C=O) groups excluding carboxylic acids is 1. The van der Waals surface area contributed by atoms with Crippen LogP contribution in [0.4, 0.5) is 0 Å². The molecule has 0 aliphatic heterocycles. The minimum atomic E-state index is -0.248. The van der Waals surface area contributed by atoms with Gasteiger partial charge in [0, 0.05) is 0 Å². The summed E-state index contributed by atoms with van der Waals surface area (Å²) in [5.41, 5.74) is 1.13. The van der Waals surface area contributed by atoms with E-state index in [0.29, 0.717) is 6.42 Å². The summed E-state index contributed by atoms with van der Waals surface area (Å²) in [6, 6.07) is 9.66. The van der Waals surface area contributed by atoms with E-state index in [9.17, 15) is 4.79 Å². The van der Waals surface area contributed by atoms with Crippen molar-refractivity contribution < 1.29 is 9.53 Å². The number of rotatable bonds is 5. The first-order valence-electron chi connectivity index (χ1n) is 5.13.